The monoisotopic (exact) mass is 368 g/mol. The molecular formula is C19H20N4O2S. The molecule has 0 unspecified atom stereocenters. The van der Waals surface area contributed by atoms with E-state index in [0.29, 0.717) is 17.3 Å². The van der Waals surface area contributed by atoms with Crippen LogP contribution in [0.2, 0.25) is 0 Å². The number of benzene rings is 1. The van der Waals surface area contributed by atoms with E-state index in [-0.39, 0.29) is 11.4 Å². The van der Waals surface area contributed by atoms with Crippen LogP contribution in [0.1, 0.15) is 52.6 Å². The Balaban J connectivity index is 1.55. The topological polar surface area (TPSA) is 80.9 Å². The lowest BCUT2D eigenvalue weighted by Crippen LogP contribution is -2.43. The van der Waals surface area contributed by atoms with Gasteiger partial charge in [0, 0.05) is 29.1 Å². The molecule has 26 heavy (non-hydrogen) atoms. The second kappa shape index (κ2) is 6.64. The highest BCUT2D eigenvalue weighted by Crippen LogP contribution is 2.40. The summed E-state index contributed by atoms with van der Waals surface area (Å²) in [6.45, 7) is 3.74. The Morgan fingerprint density at radius 3 is 2.46 bits per heavy atom. The Kier molecular flexibility index (Phi) is 4.32. The molecular weight excluding hydrogens is 348 g/mol. The number of carbonyl (C=O) groups excluding carboxylic acids is 1. The highest BCUT2D eigenvalue weighted by molar-refractivity contribution is 7.09. The van der Waals surface area contributed by atoms with Gasteiger partial charge in [0.25, 0.3) is 5.91 Å². The summed E-state index contributed by atoms with van der Waals surface area (Å²) in [6, 6.07) is 7.24. The minimum Gasteiger partial charge on any atom is -0.421 e. The summed E-state index contributed by atoms with van der Waals surface area (Å²) >= 11 is 1.63. The van der Waals surface area contributed by atoms with E-state index < -0.39 is 0 Å². The van der Waals surface area contributed by atoms with Crippen molar-refractivity contribution in [3.05, 3.63) is 51.8 Å². The van der Waals surface area contributed by atoms with E-state index in [1.807, 2.05) is 24.4 Å². The van der Waals surface area contributed by atoms with Gasteiger partial charge in [-0.2, -0.15) is 0 Å². The molecule has 0 radical (unpaired) electrons. The van der Waals surface area contributed by atoms with Gasteiger partial charge in [-0.25, -0.2) is 4.98 Å². The number of aromatic nitrogens is 3. The first-order valence-electron chi connectivity index (χ1n) is 8.71. The Hall–Kier alpha value is -2.54. The molecule has 1 fully saturated rings. The van der Waals surface area contributed by atoms with Gasteiger partial charge in [-0.1, -0.05) is 12.8 Å². The van der Waals surface area contributed by atoms with Crippen LogP contribution in [-0.4, -0.2) is 21.1 Å². The van der Waals surface area contributed by atoms with Crippen molar-refractivity contribution in [3.63, 3.8) is 0 Å². The maximum Gasteiger partial charge on any atom is 0.252 e. The summed E-state index contributed by atoms with van der Waals surface area (Å²) in [5, 5.41) is 14.2. The molecule has 2 aromatic heterocycles. The molecule has 0 aliphatic heterocycles. The highest BCUT2D eigenvalue weighted by atomic mass is 32.1. The van der Waals surface area contributed by atoms with E-state index in [0.717, 1.165) is 41.9 Å². The SMILES string of the molecule is Cc1csc(C2(NC(=O)c3ccc(-c4nnc(C)o4)cc3)CCCC2)n1. The van der Waals surface area contributed by atoms with E-state index in [9.17, 15) is 4.79 Å². The highest BCUT2D eigenvalue weighted by Gasteiger charge is 2.39. The molecule has 1 aliphatic carbocycles. The molecule has 1 amide bonds. The zero-order valence-corrected chi connectivity index (χ0v) is 15.6. The average Bonchev–Trinajstić information content (AvgIpc) is 3.37. The Bertz CT molecular complexity index is 923. The van der Waals surface area contributed by atoms with Gasteiger partial charge in [0.15, 0.2) is 0 Å². The molecule has 1 aliphatic rings. The largest absolute Gasteiger partial charge is 0.421 e. The third-order valence-corrected chi connectivity index (χ3v) is 5.92. The van der Waals surface area contributed by atoms with Gasteiger partial charge < -0.3 is 9.73 Å². The van der Waals surface area contributed by atoms with Crippen molar-refractivity contribution >= 4 is 17.2 Å². The van der Waals surface area contributed by atoms with Gasteiger partial charge in [0.1, 0.15) is 5.01 Å². The van der Waals surface area contributed by atoms with E-state index in [1.165, 1.54) is 0 Å². The van der Waals surface area contributed by atoms with Crippen molar-refractivity contribution in [3.8, 4) is 11.5 Å². The molecule has 7 heteroatoms. The maximum atomic E-state index is 12.9. The average molecular weight is 368 g/mol. The van der Waals surface area contributed by atoms with Gasteiger partial charge >= 0.3 is 0 Å². The zero-order valence-electron chi connectivity index (χ0n) is 14.8. The van der Waals surface area contributed by atoms with Gasteiger partial charge in [-0.05, 0) is 44.0 Å². The Morgan fingerprint density at radius 2 is 1.88 bits per heavy atom. The molecule has 0 atom stereocenters. The lowest BCUT2D eigenvalue weighted by atomic mass is 9.97. The van der Waals surface area contributed by atoms with Crippen LogP contribution in [0, 0.1) is 13.8 Å². The second-order valence-electron chi connectivity index (χ2n) is 6.74. The number of hydrogen-bond donors (Lipinski definition) is 1. The maximum absolute atomic E-state index is 12.9. The number of thiazole rings is 1. The predicted molar refractivity (Wildman–Crippen MR) is 98.9 cm³/mol. The Morgan fingerprint density at radius 1 is 1.15 bits per heavy atom. The van der Waals surface area contributed by atoms with E-state index in [1.54, 1.807) is 30.4 Å². The molecule has 2 heterocycles. The summed E-state index contributed by atoms with van der Waals surface area (Å²) in [5.74, 6) is 0.900. The number of hydrogen-bond acceptors (Lipinski definition) is 6. The minimum absolute atomic E-state index is 0.0759. The molecule has 0 saturated heterocycles. The molecule has 4 rings (SSSR count). The van der Waals surface area contributed by atoms with Crippen LogP contribution in [-0.2, 0) is 5.54 Å². The van der Waals surface area contributed by atoms with E-state index in [2.05, 4.69) is 20.5 Å². The molecule has 134 valence electrons. The predicted octanol–water partition coefficient (Wildman–Crippen LogP) is 4.01. The van der Waals surface area contributed by atoms with Crippen molar-refractivity contribution in [1.82, 2.24) is 20.5 Å². The summed E-state index contributed by atoms with van der Waals surface area (Å²) in [5.41, 5.74) is 2.08. The van der Waals surface area contributed by atoms with Crippen LogP contribution < -0.4 is 5.32 Å². The quantitative estimate of drug-likeness (QED) is 0.752. The first kappa shape index (κ1) is 16.9. The van der Waals surface area contributed by atoms with E-state index in [4.69, 9.17) is 4.42 Å². The summed E-state index contributed by atoms with van der Waals surface area (Å²) in [6.07, 6.45) is 4.08. The van der Waals surface area contributed by atoms with Gasteiger partial charge in [0.05, 0.1) is 5.54 Å². The first-order valence-corrected chi connectivity index (χ1v) is 9.59. The van der Waals surface area contributed by atoms with Gasteiger partial charge in [0.2, 0.25) is 11.8 Å². The molecule has 6 nitrogen and oxygen atoms in total. The second-order valence-corrected chi connectivity index (χ2v) is 7.60. The van der Waals surface area contributed by atoms with Crippen LogP contribution in [0.3, 0.4) is 0 Å². The van der Waals surface area contributed by atoms with Crippen molar-refractivity contribution in [2.24, 2.45) is 0 Å². The fraction of sp³-hybridized carbons (Fsp3) is 0.368. The number of nitrogens with zero attached hydrogens (tertiary/aromatic N) is 3. The van der Waals surface area contributed by atoms with Crippen LogP contribution in [0.15, 0.2) is 34.1 Å². The molecule has 3 aromatic rings. The third kappa shape index (κ3) is 3.14. The number of rotatable bonds is 4. The lowest BCUT2D eigenvalue weighted by Gasteiger charge is -2.28. The van der Waals surface area contributed by atoms with Crippen LogP contribution in [0.5, 0.6) is 0 Å². The summed E-state index contributed by atoms with van der Waals surface area (Å²) in [7, 11) is 0. The number of nitrogens with one attached hydrogen (secondary N) is 1. The molecule has 1 saturated carbocycles. The normalized spacial score (nSPS) is 15.9. The fourth-order valence-electron chi connectivity index (χ4n) is 3.41. The van der Waals surface area contributed by atoms with Crippen LogP contribution in [0.25, 0.3) is 11.5 Å². The number of carbonyl (C=O) groups is 1. The van der Waals surface area contributed by atoms with Gasteiger partial charge in [-0.15, -0.1) is 21.5 Å². The molecule has 0 spiro atoms. The molecule has 1 N–H and O–H groups in total. The van der Waals surface area contributed by atoms with Crippen molar-refractivity contribution in [2.45, 2.75) is 45.1 Å². The van der Waals surface area contributed by atoms with E-state index >= 15 is 0 Å². The number of amides is 1. The minimum atomic E-state index is -0.335. The fourth-order valence-corrected chi connectivity index (χ4v) is 4.42. The van der Waals surface area contributed by atoms with Crippen molar-refractivity contribution in [1.29, 1.82) is 0 Å². The first-order chi connectivity index (χ1) is 12.6. The van der Waals surface area contributed by atoms with Gasteiger partial charge in [-0.3, -0.25) is 4.79 Å². The van der Waals surface area contributed by atoms with Crippen LogP contribution >= 0.6 is 11.3 Å². The van der Waals surface area contributed by atoms with Crippen molar-refractivity contribution < 1.29 is 9.21 Å². The molecule has 0 bridgehead atoms. The number of aryl methyl sites for hydroxylation is 2. The summed E-state index contributed by atoms with van der Waals surface area (Å²) in [4.78, 5) is 17.5. The van der Waals surface area contributed by atoms with Crippen molar-refractivity contribution in [2.75, 3.05) is 0 Å². The zero-order chi connectivity index (χ0) is 18.1. The molecule has 1 aromatic carbocycles. The lowest BCUT2D eigenvalue weighted by molar-refractivity contribution is 0.0898. The third-order valence-electron chi connectivity index (χ3n) is 4.76. The smallest absolute Gasteiger partial charge is 0.252 e. The van der Waals surface area contributed by atoms with Crippen LogP contribution in [0.4, 0.5) is 0 Å². The summed E-state index contributed by atoms with van der Waals surface area (Å²) < 4.78 is 5.42. The Labute approximate surface area is 155 Å². The standard InChI is InChI=1S/C19H20N4O2S/c1-12-11-26-18(20-12)19(9-3-4-10-19)21-16(24)14-5-7-15(8-6-14)17-23-22-13(2)25-17/h5-8,11H,3-4,9-10H2,1-2H3,(H,21,24).